The summed E-state index contributed by atoms with van der Waals surface area (Å²) < 4.78 is 31.7. The van der Waals surface area contributed by atoms with E-state index in [2.05, 4.69) is 23.6 Å². The predicted molar refractivity (Wildman–Crippen MR) is 113 cm³/mol. The molecule has 0 aliphatic rings. The first kappa shape index (κ1) is 27.7. The largest absolute Gasteiger partial charge is 0.510 e. The molecule has 28 heavy (non-hydrogen) atoms. The number of rotatable bonds is 21. The summed E-state index contributed by atoms with van der Waals surface area (Å²) in [4.78, 5) is 8.31. The summed E-state index contributed by atoms with van der Waals surface area (Å²) in [7, 11) is -5.02. The number of allylic oxidation sites excluding steroid dienone is 2. The Morgan fingerprint density at radius 2 is 1.36 bits per heavy atom. The van der Waals surface area contributed by atoms with Crippen LogP contribution in [0.4, 0.5) is 4.20 Å². The minimum atomic E-state index is -5.02. The Hall–Kier alpha value is -0.260. The summed E-state index contributed by atoms with van der Waals surface area (Å²) in [5.41, 5.74) is 0. The minimum absolute atomic E-state index is 0.0227. The molecule has 0 aromatic carbocycles. The second-order valence-corrected chi connectivity index (χ2v) is 8.57. The van der Waals surface area contributed by atoms with Crippen molar-refractivity contribution in [2.45, 2.75) is 103 Å². The van der Waals surface area contributed by atoms with Crippen LogP contribution in [0.2, 0.25) is 0 Å². The Morgan fingerprint density at radius 1 is 0.857 bits per heavy atom. The molecule has 0 saturated heterocycles. The van der Waals surface area contributed by atoms with Gasteiger partial charge in [-0.05, 0) is 32.1 Å². The normalized spacial score (nSPS) is 15.1. The lowest BCUT2D eigenvalue weighted by molar-refractivity contribution is 0.00667. The van der Waals surface area contributed by atoms with Crippen molar-refractivity contribution in [3.05, 3.63) is 12.2 Å². The third-order valence-corrected chi connectivity index (χ3v) is 5.00. The molecular weight excluding hydrogens is 382 g/mol. The molecule has 0 bridgehead atoms. The molecule has 0 rings (SSSR count). The van der Waals surface area contributed by atoms with Crippen LogP contribution in [0, 0.1) is 0 Å². The minimum Gasteiger partial charge on any atom is -0.388 e. The van der Waals surface area contributed by atoms with Crippen LogP contribution in [0.15, 0.2) is 12.2 Å². The van der Waals surface area contributed by atoms with E-state index in [-0.39, 0.29) is 6.61 Å². The van der Waals surface area contributed by atoms with Gasteiger partial charge in [0, 0.05) is 6.61 Å². The zero-order chi connectivity index (χ0) is 20.9. The lowest BCUT2D eigenvalue weighted by Gasteiger charge is -2.11. The van der Waals surface area contributed by atoms with Gasteiger partial charge in [0.1, 0.15) is 6.10 Å². The molecule has 0 radical (unpaired) electrons. The fourth-order valence-electron chi connectivity index (χ4n) is 2.90. The molecule has 0 aliphatic carbocycles. The maximum absolute atomic E-state index is 12.2. The first-order valence-corrected chi connectivity index (χ1v) is 12.5. The molecule has 168 valence electrons. The Labute approximate surface area is 171 Å². The van der Waals surface area contributed by atoms with E-state index in [9.17, 15) is 13.9 Å². The molecule has 2 N–H and O–H groups in total. The van der Waals surface area contributed by atoms with Crippen LogP contribution in [-0.4, -0.2) is 35.9 Å². The van der Waals surface area contributed by atoms with Gasteiger partial charge in [-0.1, -0.05) is 76.9 Å². The van der Waals surface area contributed by atoms with Crippen LogP contribution in [0.25, 0.3) is 0 Å². The van der Waals surface area contributed by atoms with Gasteiger partial charge in [0.15, 0.2) is 0 Å². The molecule has 0 fully saturated rings. The second kappa shape index (κ2) is 20.0. The van der Waals surface area contributed by atoms with Crippen molar-refractivity contribution in [3.63, 3.8) is 0 Å². The zero-order valence-electron chi connectivity index (χ0n) is 17.7. The van der Waals surface area contributed by atoms with E-state index in [1.165, 1.54) is 77.0 Å². The summed E-state index contributed by atoms with van der Waals surface area (Å²) in [5, 5.41) is 9.39. The van der Waals surface area contributed by atoms with E-state index >= 15 is 0 Å². The van der Waals surface area contributed by atoms with E-state index in [0.717, 1.165) is 12.8 Å². The predicted octanol–water partition coefficient (Wildman–Crippen LogP) is 6.49. The van der Waals surface area contributed by atoms with Crippen LogP contribution in [-0.2, 0) is 13.8 Å². The topological polar surface area (TPSA) is 76.0 Å². The smallest absolute Gasteiger partial charge is 0.388 e. The summed E-state index contributed by atoms with van der Waals surface area (Å²) in [6.45, 7) is 2.20. The maximum atomic E-state index is 12.2. The third kappa shape index (κ3) is 23.8. The second-order valence-electron chi connectivity index (χ2n) is 7.41. The van der Waals surface area contributed by atoms with Crippen molar-refractivity contribution in [2.75, 3.05) is 19.8 Å². The molecule has 5 nitrogen and oxygen atoms in total. The van der Waals surface area contributed by atoms with Gasteiger partial charge in [-0.3, -0.25) is 9.42 Å². The van der Waals surface area contributed by atoms with E-state index in [1.54, 1.807) is 0 Å². The van der Waals surface area contributed by atoms with Gasteiger partial charge in [-0.2, -0.15) is 0 Å². The van der Waals surface area contributed by atoms with Gasteiger partial charge >= 0.3 is 7.91 Å². The maximum Gasteiger partial charge on any atom is 0.510 e. The number of hydrogen-bond donors (Lipinski definition) is 2. The highest BCUT2D eigenvalue weighted by atomic mass is 31.2. The fourth-order valence-corrected chi connectivity index (χ4v) is 3.25. The molecule has 0 saturated carbocycles. The van der Waals surface area contributed by atoms with Crippen molar-refractivity contribution in [1.82, 2.24) is 0 Å². The first-order valence-electron chi connectivity index (χ1n) is 11.0. The molecule has 0 aliphatic heterocycles. The van der Waals surface area contributed by atoms with E-state index < -0.39 is 20.6 Å². The van der Waals surface area contributed by atoms with Crippen LogP contribution in [0.1, 0.15) is 96.8 Å². The number of aliphatic hydroxyl groups excluding tert-OH is 1. The van der Waals surface area contributed by atoms with Crippen molar-refractivity contribution in [3.8, 4) is 0 Å². The fraction of sp³-hybridized carbons (Fsp3) is 0.905. The molecule has 0 spiro atoms. The lowest BCUT2D eigenvalue weighted by Crippen LogP contribution is -2.21. The Balaban J connectivity index is 3.21. The average molecular weight is 425 g/mol. The molecule has 7 heteroatoms. The monoisotopic (exact) mass is 424 g/mol. The van der Waals surface area contributed by atoms with Crippen LogP contribution in [0.5, 0.6) is 0 Å². The van der Waals surface area contributed by atoms with Crippen LogP contribution in [0.3, 0.4) is 0 Å². The van der Waals surface area contributed by atoms with Gasteiger partial charge in [0.25, 0.3) is 0 Å². The Kier molecular flexibility index (Phi) is 19.8. The summed E-state index contributed by atoms with van der Waals surface area (Å²) >= 11 is 0. The molecule has 0 heterocycles. The number of aliphatic hydroxyl groups is 1. The highest BCUT2D eigenvalue weighted by Gasteiger charge is 2.19. The summed E-state index contributed by atoms with van der Waals surface area (Å²) in [5.74, 6) is 0. The van der Waals surface area contributed by atoms with Crippen LogP contribution >= 0.6 is 7.91 Å². The van der Waals surface area contributed by atoms with E-state index in [4.69, 9.17) is 9.63 Å². The lowest BCUT2D eigenvalue weighted by atomic mass is 10.1. The van der Waals surface area contributed by atoms with Crippen LogP contribution < -0.4 is 0 Å². The standard InChI is InChI=1S/C21H42FO5P/c1-2-3-4-5-6-7-8-9-10-11-12-13-14-15-16-17-18-26-19-21(23)20-27-28(22,24)25/h9-10,21,23H,2-8,11-20H2,1H3,(H,24,25)/b10-9-. The Morgan fingerprint density at radius 3 is 1.89 bits per heavy atom. The van der Waals surface area contributed by atoms with Crippen molar-refractivity contribution < 1.29 is 28.0 Å². The van der Waals surface area contributed by atoms with Crippen molar-refractivity contribution in [2.24, 2.45) is 0 Å². The Bertz CT molecular complexity index is 400. The number of unbranched alkanes of at least 4 members (excludes halogenated alkanes) is 12. The molecule has 2 atom stereocenters. The number of halogens is 1. The summed E-state index contributed by atoms with van der Waals surface area (Å²) in [6.07, 6.45) is 21.0. The van der Waals surface area contributed by atoms with E-state index in [1.807, 2.05) is 0 Å². The molecule has 0 aromatic rings. The van der Waals surface area contributed by atoms with Gasteiger partial charge in [0.2, 0.25) is 0 Å². The molecule has 0 aromatic heterocycles. The summed E-state index contributed by atoms with van der Waals surface area (Å²) in [6, 6.07) is 0. The number of hydrogen-bond acceptors (Lipinski definition) is 4. The van der Waals surface area contributed by atoms with Gasteiger partial charge in [-0.25, -0.2) is 4.57 Å². The van der Waals surface area contributed by atoms with Crippen molar-refractivity contribution >= 4 is 7.91 Å². The molecule has 0 amide bonds. The highest BCUT2D eigenvalue weighted by Crippen LogP contribution is 2.43. The zero-order valence-corrected chi connectivity index (χ0v) is 18.6. The highest BCUT2D eigenvalue weighted by molar-refractivity contribution is 7.46. The SMILES string of the molecule is CCCCCCCC/C=C\CCCCCCCCOCC(O)COP(=O)(O)F. The quantitative estimate of drug-likeness (QED) is 0.125. The molecule has 2 unspecified atom stereocenters. The van der Waals surface area contributed by atoms with Crippen molar-refractivity contribution in [1.29, 1.82) is 0 Å². The van der Waals surface area contributed by atoms with Gasteiger partial charge in [-0.15, -0.1) is 4.20 Å². The van der Waals surface area contributed by atoms with E-state index in [0.29, 0.717) is 6.61 Å². The third-order valence-electron chi connectivity index (χ3n) is 4.54. The first-order chi connectivity index (χ1) is 13.5. The molecular formula is C21H42FO5P. The number of ether oxygens (including phenoxy) is 1. The van der Waals surface area contributed by atoms with Gasteiger partial charge in [0.05, 0.1) is 13.2 Å². The average Bonchev–Trinajstić information content (AvgIpc) is 2.65. The van der Waals surface area contributed by atoms with Gasteiger partial charge < -0.3 is 9.84 Å².